The molecule has 1 aliphatic carbocycles. The van der Waals surface area contributed by atoms with E-state index in [1.54, 1.807) is 22.9 Å². The van der Waals surface area contributed by atoms with Gasteiger partial charge >= 0.3 is 0 Å². The molecule has 7 nitrogen and oxygen atoms in total. The molecule has 24 heavy (non-hydrogen) atoms. The molecule has 4 rings (SSSR count). The molecule has 3 aromatic heterocycles. The fourth-order valence-electron chi connectivity index (χ4n) is 3.56. The summed E-state index contributed by atoms with van der Waals surface area (Å²) in [6.45, 7) is 0. The number of hydrogen-bond acceptors (Lipinski definition) is 4. The van der Waals surface area contributed by atoms with Crippen molar-refractivity contribution < 1.29 is 4.79 Å². The SMILES string of the molecule is N=c1c(C(N)=O)cc2c(=O)n3ccccc3nc2n1C1CCCC1. The lowest BCUT2D eigenvalue weighted by atomic mass is 10.1. The van der Waals surface area contributed by atoms with Gasteiger partial charge in [-0.25, -0.2) is 4.98 Å². The van der Waals surface area contributed by atoms with Crippen LogP contribution in [-0.4, -0.2) is 19.9 Å². The molecule has 1 saturated carbocycles. The first-order valence-corrected chi connectivity index (χ1v) is 7.99. The van der Waals surface area contributed by atoms with E-state index in [2.05, 4.69) is 4.98 Å². The number of rotatable bonds is 2. The third-order valence-electron chi connectivity index (χ3n) is 4.72. The number of pyridine rings is 2. The van der Waals surface area contributed by atoms with Crippen molar-refractivity contribution in [1.82, 2.24) is 14.0 Å². The lowest BCUT2D eigenvalue weighted by molar-refractivity contribution is 0.0998. The molecule has 1 amide bonds. The van der Waals surface area contributed by atoms with Gasteiger partial charge in [0, 0.05) is 12.2 Å². The number of amides is 1. The van der Waals surface area contributed by atoms with Gasteiger partial charge in [0.05, 0.1) is 10.9 Å². The number of nitrogens with two attached hydrogens (primary N) is 1. The van der Waals surface area contributed by atoms with E-state index in [9.17, 15) is 9.59 Å². The topological polar surface area (TPSA) is 106 Å². The summed E-state index contributed by atoms with van der Waals surface area (Å²) in [6, 6.07) is 6.79. The maximum absolute atomic E-state index is 12.8. The van der Waals surface area contributed by atoms with Gasteiger partial charge in [-0.05, 0) is 31.0 Å². The molecule has 3 N–H and O–H groups in total. The number of fused-ring (bicyclic) bond motifs is 2. The summed E-state index contributed by atoms with van der Waals surface area (Å²) in [7, 11) is 0. The molecule has 0 radical (unpaired) electrons. The van der Waals surface area contributed by atoms with E-state index >= 15 is 0 Å². The van der Waals surface area contributed by atoms with Crippen molar-refractivity contribution in [3.05, 3.63) is 51.9 Å². The van der Waals surface area contributed by atoms with E-state index in [1.165, 1.54) is 10.5 Å². The van der Waals surface area contributed by atoms with E-state index < -0.39 is 5.91 Å². The van der Waals surface area contributed by atoms with E-state index in [4.69, 9.17) is 11.1 Å². The van der Waals surface area contributed by atoms with Crippen LogP contribution in [0.15, 0.2) is 35.3 Å². The summed E-state index contributed by atoms with van der Waals surface area (Å²) >= 11 is 0. The molecular weight excluding hydrogens is 306 g/mol. The number of aromatic nitrogens is 3. The summed E-state index contributed by atoms with van der Waals surface area (Å²) < 4.78 is 3.16. The summed E-state index contributed by atoms with van der Waals surface area (Å²) in [6.07, 6.45) is 5.58. The van der Waals surface area contributed by atoms with Crippen molar-refractivity contribution in [2.75, 3.05) is 0 Å². The minimum atomic E-state index is -0.703. The Morgan fingerprint density at radius 1 is 1.29 bits per heavy atom. The van der Waals surface area contributed by atoms with Gasteiger partial charge in [-0.1, -0.05) is 18.9 Å². The van der Waals surface area contributed by atoms with Crippen molar-refractivity contribution >= 4 is 22.6 Å². The highest BCUT2D eigenvalue weighted by molar-refractivity contribution is 5.95. The van der Waals surface area contributed by atoms with E-state index in [0.717, 1.165) is 25.7 Å². The summed E-state index contributed by atoms with van der Waals surface area (Å²) in [5, 5.41) is 8.73. The minimum absolute atomic E-state index is 0.0362. The monoisotopic (exact) mass is 323 g/mol. The molecular formula is C17H17N5O2. The summed E-state index contributed by atoms with van der Waals surface area (Å²) in [4.78, 5) is 29.2. The van der Waals surface area contributed by atoms with Crippen molar-refractivity contribution in [3.8, 4) is 0 Å². The Morgan fingerprint density at radius 2 is 2.04 bits per heavy atom. The molecule has 0 aliphatic heterocycles. The van der Waals surface area contributed by atoms with Crippen molar-refractivity contribution in [3.63, 3.8) is 0 Å². The number of nitrogens with one attached hydrogen (secondary N) is 1. The molecule has 3 heterocycles. The zero-order chi connectivity index (χ0) is 16.8. The molecule has 0 spiro atoms. The molecule has 122 valence electrons. The minimum Gasteiger partial charge on any atom is -0.365 e. The largest absolute Gasteiger partial charge is 0.365 e. The summed E-state index contributed by atoms with van der Waals surface area (Å²) in [5.41, 5.74) is 6.24. The highest BCUT2D eigenvalue weighted by Gasteiger charge is 2.23. The van der Waals surface area contributed by atoms with Crippen LogP contribution < -0.4 is 16.8 Å². The third-order valence-corrected chi connectivity index (χ3v) is 4.72. The first-order chi connectivity index (χ1) is 11.6. The quantitative estimate of drug-likeness (QED) is 0.695. The Labute approximate surface area is 136 Å². The fourth-order valence-corrected chi connectivity index (χ4v) is 3.56. The molecule has 0 atom stereocenters. The second kappa shape index (κ2) is 5.30. The smallest absolute Gasteiger partial charge is 0.267 e. The average Bonchev–Trinajstić information content (AvgIpc) is 3.08. The van der Waals surface area contributed by atoms with Gasteiger partial charge in [0.25, 0.3) is 11.5 Å². The third kappa shape index (κ3) is 2.05. The first-order valence-electron chi connectivity index (χ1n) is 7.99. The van der Waals surface area contributed by atoms with Gasteiger partial charge < -0.3 is 10.3 Å². The Hall–Kier alpha value is -2.96. The highest BCUT2D eigenvalue weighted by Crippen LogP contribution is 2.30. The Balaban J connectivity index is 2.21. The Bertz CT molecular complexity index is 1090. The summed E-state index contributed by atoms with van der Waals surface area (Å²) in [5.74, 6) is -0.703. The van der Waals surface area contributed by atoms with Crippen molar-refractivity contribution in [2.45, 2.75) is 31.7 Å². The van der Waals surface area contributed by atoms with Crippen LogP contribution >= 0.6 is 0 Å². The van der Waals surface area contributed by atoms with Gasteiger partial charge in [-0.15, -0.1) is 0 Å². The number of nitrogens with zero attached hydrogens (tertiary/aromatic N) is 3. The Kier molecular flexibility index (Phi) is 3.23. The van der Waals surface area contributed by atoms with Crippen LogP contribution in [0.25, 0.3) is 16.7 Å². The predicted octanol–water partition coefficient (Wildman–Crippen LogP) is 1.34. The van der Waals surface area contributed by atoms with Gasteiger partial charge in [0.1, 0.15) is 16.8 Å². The molecule has 7 heteroatoms. The van der Waals surface area contributed by atoms with Gasteiger partial charge in [-0.2, -0.15) is 0 Å². The van der Waals surface area contributed by atoms with E-state index in [0.29, 0.717) is 16.7 Å². The van der Waals surface area contributed by atoms with E-state index in [-0.39, 0.29) is 22.7 Å². The lowest BCUT2D eigenvalue weighted by Gasteiger charge is -2.19. The zero-order valence-corrected chi connectivity index (χ0v) is 13.0. The average molecular weight is 323 g/mol. The first kappa shape index (κ1) is 14.6. The standard InChI is InChI=1S/C17H17N5O2/c18-14-11(15(19)23)9-12-16(22(14)10-5-1-2-6-10)20-13-7-3-4-8-21(13)17(12)24/h3-4,7-10,18H,1-2,5-6H2,(H2,19,23). The number of carbonyl (C=O) groups excluding carboxylic acids is 1. The second-order valence-corrected chi connectivity index (χ2v) is 6.16. The molecule has 0 aromatic carbocycles. The van der Waals surface area contributed by atoms with E-state index in [1.807, 2.05) is 6.07 Å². The normalized spacial score (nSPS) is 15.3. The second-order valence-electron chi connectivity index (χ2n) is 6.16. The number of carbonyl (C=O) groups is 1. The van der Waals surface area contributed by atoms with Crippen LogP contribution in [0.2, 0.25) is 0 Å². The van der Waals surface area contributed by atoms with Crippen molar-refractivity contribution in [2.24, 2.45) is 5.73 Å². The number of hydrogen-bond donors (Lipinski definition) is 2. The molecule has 1 aliphatic rings. The van der Waals surface area contributed by atoms with Gasteiger partial charge in [0.2, 0.25) is 0 Å². The molecule has 0 unspecified atom stereocenters. The van der Waals surface area contributed by atoms with Gasteiger partial charge in [-0.3, -0.25) is 19.4 Å². The zero-order valence-electron chi connectivity index (χ0n) is 13.0. The Morgan fingerprint density at radius 3 is 2.75 bits per heavy atom. The van der Waals surface area contributed by atoms with Crippen LogP contribution in [0.4, 0.5) is 0 Å². The molecule has 1 fully saturated rings. The van der Waals surface area contributed by atoms with Crippen LogP contribution in [-0.2, 0) is 0 Å². The molecule has 0 saturated heterocycles. The van der Waals surface area contributed by atoms with Crippen LogP contribution in [0.5, 0.6) is 0 Å². The maximum atomic E-state index is 12.8. The number of primary amides is 1. The molecule has 0 bridgehead atoms. The predicted molar refractivity (Wildman–Crippen MR) is 88.8 cm³/mol. The lowest BCUT2D eigenvalue weighted by Crippen LogP contribution is -2.34. The van der Waals surface area contributed by atoms with Crippen LogP contribution in [0, 0.1) is 5.41 Å². The highest BCUT2D eigenvalue weighted by atomic mass is 16.1. The van der Waals surface area contributed by atoms with Crippen molar-refractivity contribution in [1.29, 1.82) is 5.41 Å². The molecule has 3 aromatic rings. The fraction of sp³-hybridized carbons (Fsp3) is 0.294. The van der Waals surface area contributed by atoms with Crippen LogP contribution in [0.1, 0.15) is 42.1 Å². The van der Waals surface area contributed by atoms with Crippen LogP contribution in [0.3, 0.4) is 0 Å². The maximum Gasteiger partial charge on any atom is 0.267 e. The van der Waals surface area contributed by atoms with Gasteiger partial charge in [0.15, 0.2) is 0 Å².